The second kappa shape index (κ2) is 11.2. The Balaban J connectivity index is 2.19. The number of carbonyl (C=O) groups is 1. The first-order valence-electron chi connectivity index (χ1n) is 9.07. The number of hydrogen-bond donors (Lipinski definition) is 0. The zero-order chi connectivity index (χ0) is 21.4. The van der Waals surface area contributed by atoms with Crippen molar-refractivity contribution in [2.45, 2.75) is 19.9 Å². The van der Waals surface area contributed by atoms with E-state index in [-0.39, 0.29) is 17.6 Å². The minimum Gasteiger partial charge on any atom is -0.492 e. The Labute approximate surface area is 183 Å². The molecular formula is C20H24BrClN2O5. The molecule has 0 bridgehead atoms. The molecule has 0 aliphatic rings. The zero-order valence-electron chi connectivity index (χ0n) is 16.6. The molecule has 2 rings (SSSR count). The van der Waals surface area contributed by atoms with Crippen molar-refractivity contribution in [3.05, 3.63) is 61.4 Å². The van der Waals surface area contributed by atoms with Crippen molar-refractivity contribution in [3.8, 4) is 5.75 Å². The Morgan fingerprint density at radius 3 is 2.76 bits per heavy atom. The molecule has 0 aliphatic carbocycles. The van der Waals surface area contributed by atoms with E-state index in [4.69, 9.17) is 25.8 Å². The van der Waals surface area contributed by atoms with Crippen molar-refractivity contribution in [2.24, 2.45) is 0 Å². The van der Waals surface area contributed by atoms with Gasteiger partial charge in [0.25, 0.3) is 0 Å². The number of benzene rings is 1. The Morgan fingerprint density at radius 2 is 2.07 bits per heavy atom. The molecule has 0 N–H and O–H groups in total. The number of nitrogens with zero attached hydrogens (tertiary/aromatic N) is 2. The van der Waals surface area contributed by atoms with Crippen LogP contribution in [0.4, 0.5) is 0 Å². The summed E-state index contributed by atoms with van der Waals surface area (Å²) in [5.74, 6) is -0.0545. The fourth-order valence-corrected chi connectivity index (χ4v) is 3.38. The van der Waals surface area contributed by atoms with Crippen LogP contribution in [0.1, 0.15) is 29.3 Å². The number of pyridine rings is 1. The molecule has 0 fully saturated rings. The molecule has 7 nitrogen and oxygen atoms in total. The quantitative estimate of drug-likeness (QED) is 0.377. The van der Waals surface area contributed by atoms with E-state index in [9.17, 15) is 9.59 Å². The van der Waals surface area contributed by atoms with Gasteiger partial charge in [0.05, 0.1) is 24.8 Å². The second-order valence-electron chi connectivity index (χ2n) is 6.21. The summed E-state index contributed by atoms with van der Waals surface area (Å²) in [6.45, 7) is 3.47. The highest BCUT2D eigenvalue weighted by Crippen LogP contribution is 2.32. The molecule has 2 aromatic rings. The van der Waals surface area contributed by atoms with E-state index in [1.165, 1.54) is 12.3 Å². The Morgan fingerprint density at radius 1 is 1.31 bits per heavy atom. The minimum atomic E-state index is -0.639. The van der Waals surface area contributed by atoms with Gasteiger partial charge in [-0.3, -0.25) is 9.47 Å². The third kappa shape index (κ3) is 6.48. The molecule has 0 saturated carbocycles. The second-order valence-corrected chi connectivity index (χ2v) is 7.47. The van der Waals surface area contributed by atoms with Gasteiger partial charge in [-0.15, -0.1) is 0 Å². The lowest BCUT2D eigenvalue weighted by Gasteiger charge is -2.24. The van der Waals surface area contributed by atoms with Crippen molar-refractivity contribution in [1.29, 1.82) is 0 Å². The van der Waals surface area contributed by atoms with E-state index < -0.39 is 5.97 Å². The van der Waals surface area contributed by atoms with E-state index in [2.05, 4.69) is 15.9 Å². The topological polar surface area (TPSA) is 70.0 Å². The van der Waals surface area contributed by atoms with Crippen LogP contribution in [-0.2, 0) is 16.0 Å². The van der Waals surface area contributed by atoms with Crippen LogP contribution in [0, 0.1) is 0 Å². The summed E-state index contributed by atoms with van der Waals surface area (Å²) >= 11 is 9.80. The van der Waals surface area contributed by atoms with E-state index >= 15 is 0 Å². The lowest BCUT2D eigenvalue weighted by atomic mass is 10.2. The molecule has 1 aromatic carbocycles. The summed E-state index contributed by atoms with van der Waals surface area (Å²) in [6, 6.07) is 4.99. The summed E-state index contributed by atoms with van der Waals surface area (Å²) in [5.41, 5.74) is 0.529. The largest absolute Gasteiger partial charge is 0.492 e. The van der Waals surface area contributed by atoms with Crippen LogP contribution in [0.25, 0.3) is 0 Å². The number of aromatic nitrogens is 1. The molecule has 158 valence electrons. The third-order valence-electron chi connectivity index (χ3n) is 4.05. The van der Waals surface area contributed by atoms with Crippen LogP contribution in [0.5, 0.6) is 5.75 Å². The van der Waals surface area contributed by atoms with E-state index in [0.717, 1.165) is 16.5 Å². The fraction of sp³-hybridized carbons (Fsp3) is 0.400. The molecule has 1 heterocycles. The maximum absolute atomic E-state index is 12.0. The number of rotatable bonds is 10. The SMILES string of the molecule is CCOC(=O)c1cn(N(C)Cc2cc(OCCCOC)c(Cl)cc2Br)ccc1=O. The van der Waals surface area contributed by atoms with Crippen LogP contribution < -0.4 is 15.2 Å². The Bertz CT molecular complexity index is 903. The van der Waals surface area contributed by atoms with Gasteiger partial charge in [0.2, 0.25) is 0 Å². The smallest absolute Gasteiger partial charge is 0.343 e. The molecule has 0 radical (unpaired) electrons. The van der Waals surface area contributed by atoms with E-state index in [1.807, 2.05) is 18.1 Å². The summed E-state index contributed by atoms with van der Waals surface area (Å²) in [7, 11) is 3.48. The van der Waals surface area contributed by atoms with Gasteiger partial charge in [-0.1, -0.05) is 27.5 Å². The van der Waals surface area contributed by atoms with Crippen molar-refractivity contribution < 1.29 is 19.0 Å². The molecule has 0 saturated heterocycles. The Kier molecular flexibility index (Phi) is 9.00. The van der Waals surface area contributed by atoms with Gasteiger partial charge in [0, 0.05) is 50.1 Å². The number of ether oxygens (including phenoxy) is 3. The predicted octanol–water partition coefficient (Wildman–Crippen LogP) is 3.62. The molecule has 29 heavy (non-hydrogen) atoms. The first-order chi connectivity index (χ1) is 13.9. The highest BCUT2D eigenvalue weighted by molar-refractivity contribution is 9.10. The third-order valence-corrected chi connectivity index (χ3v) is 5.08. The van der Waals surface area contributed by atoms with Crippen molar-refractivity contribution >= 4 is 33.5 Å². The van der Waals surface area contributed by atoms with Gasteiger partial charge in [-0.25, -0.2) is 4.79 Å². The first-order valence-corrected chi connectivity index (χ1v) is 10.2. The summed E-state index contributed by atoms with van der Waals surface area (Å²) in [4.78, 5) is 24.0. The molecular weight excluding hydrogens is 464 g/mol. The fourth-order valence-electron chi connectivity index (χ4n) is 2.56. The van der Waals surface area contributed by atoms with Gasteiger partial charge in [0.15, 0.2) is 5.43 Å². The standard InChI is InChI=1S/C20H24BrClN2O5/c1-4-28-20(26)15-13-24(7-6-18(15)25)23(2)12-14-10-19(17(22)11-16(14)21)29-9-5-8-27-3/h6-7,10-11,13H,4-5,8-9,12H2,1-3H3. The zero-order valence-corrected chi connectivity index (χ0v) is 19.0. The van der Waals surface area contributed by atoms with Crippen molar-refractivity contribution in [3.63, 3.8) is 0 Å². The molecule has 0 unspecified atom stereocenters. The highest BCUT2D eigenvalue weighted by Gasteiger charge is 2.14. The molecule has 0 aliphatic heterocycles. The van der Waals surface area contributed by atoms with Crippen LogP contribution in [0.2, 0.25) is 5.02 Å². The van der Waals surface area contributed by atoms with Crippen LogP contribution in [0.3, 0.4) is 0 Å². The van der Waals surface area contributed by atoms with Crippen molar-refractivity contribution in [2.75, 3.05) is 39.0 Å². The molecule has 1 aromatic heterocycles. The summed E-state index contributed by atoms with van der Waals surface area (Å²) in [6.07, 6.45) is 3.81. The highest BCUT2D eigenvalue weighted by atomic mass is 79.9. The van der Waals surface area contributed by atoms with Gasteiger partial charge < -0.3 is 19.2 Å². The number of methoxy groups -OCH3 is 1. The van der Waals surface area contributed by atoms with Crippen LogP contribution >= 0.6 is 27.5 Å². The monoisotopic (exact) mass is 486 g/mol. The van der Waals surface area contributed by atoms with Gasteiger partial charge >= 0.3 is 5.97 Å². The molecule has 9 heteroatoms. The predicted molar refractivity (Wildman–Crippen MR) is 116 cm³/mol. The van der Waals surface area contributed by atoms with Gasteiger partial charge in [0.1, 0.15) is 11.3 Å². The Hall–Kier alpha value is -2.03. The van der Waals surface area contributed by atoms with E-state index in [1.54, 1.807) is 31.0 Å². The maximum Gasteiger partial charge on any atom is 0.343 e. The number of carbonyl (C=O) groups excluding carboxylic acids is 1. The lowest BCUT2D eigenvalue weighted by Crippen LogP contribution is -2.32. The molecule has 0 atom stereocenters. The van der Waals surface area contributed by atoms with Crippen LogP contribution in [0.15, 0.2) is 39.9 Å². The number of esters is 1. The summed E-state index contributed by atoms with van der Waals surface area (Å²) in [5, 5.41) is 2.35. The van der Waals surface area contributed by atoms with Gasteiger partial charge in [-0.2, -0.15) is 0 Å². The van der Waals surface area contributed by atoms with Gasteiger partial charge in [-0.05, 0) is 24.6 Å². The summed E-state index contributed by atoms with van der Waals surface area (Å²) < 4.78 is 18.2. The lowest BCUT2D eigenvalue weighted by molar-refractivity contribution is 0.0524. The maximum atomic E-state index is 12.0. The van der Waals surface area contributed by atoms with E-state index in [0.29, 0.717) is 30.5 Å². The number of hydrogen-bond acceptors (Lipinski definition) is 6. The number of halogens is 2. The average Bonchev–Trinajstić information content (AvgIpc) is 2.68. The molecule has 0 amide bonds. The minimum absolute atomic E-state index is 0.0152. The molecule has 0 spiro atoms. The van der Waals surface area contributed by atoms with Crippen LogP contribution in [-0.4, -0.2) is 44.6 Å². The first kappa shape index (κ1) is 23.3. The average molecular weight is 488 g/mol. The normalized spacial score (nSPS) is 10.7. The van der Waals surface area contributed by atoms with Crippen molar-refractivity contribution in [1.82, 2.24) is 4.68 Å².